The lowest BCUT2D eigenvalue weighted by molar-refractivity contribution is 0.0526. The average Bonchev–Trinajstić information content (AvgIpc) is 3.17. The average molecular weight is 277 g/mol. The number of furan rings is 1. The van der Waals surface area contributed by atoms with Crippen molar-refractivity contribution in [3.63, 3.8) is 0 Å². The van der Waals surface area contributed by atoms with Gasteiger partial charge in [-0.25, -0.2) is 0 Å². The number of aryl methyl sites for hydroxylation is 1. The van der Waals surface area contributed by atoms with Crippen molar-refractivity contribution in [3.05, 3.63) is 23.7 Å². The lowest BCUT2D eigenvalue weighted by Gasteiger charge is -2.31. The number of hydrogen-bond donors (Lipinski definition) is 1. The predicted molar refractivity (Wildman–Crippen MR) is 75.5 cm³/mol. The van der Waals surface area contributed by atoms with Gasteiger partial charge in [-0.2, -0.15) is 0 Å². The summed E-state index contributed by atoms with van der Waals surface area (Å²) in [4.78, 5) is 14.7. The smallest absolute Gasteiger partial charge is 0.257 e. The highest BCUT2D eigenvalue weighted by atomic mass is 16.3. The number of nitrogens with zero attached hydrogens (tertiary/aromatic N) is 1. The summed E-state index contributed by atoms with van der Waals surface area (Å²) in [6.45, 7) is 2.80. The van der Waals surface area contributed by atoms with E-state index in [4.69, 9.17) is 4.42 Å². The maximum absolute atomic E-state index is 12.7. The van der Waals surface area contributed by atoms with Crippen LogP contribution in [0.4, 0.5) is 0 Å². The zero-order valence-electron chi connectivity index (χ0n) is 12.0. The first-order chi connectivity index (χ1) is 9.72. The second-order valence-electron chi connectivity index (χ2n) is 5.98. The monoisotopic (exact) mass is 277 g/mol. The Labute approximate surface area is 119 Å². The van der Waals surface area contributed by atoms with Crippen LogP contribution < -0.4 is 0 Å². The van der Waals surface area contributed by atoms with E-state index < -0.39 is 0 Å². The maximum atomic E-state index is 12.7. The third-order valence-corrected chi connectivity index (χ3v) is 4.88. The van der Waals surface area contributed by atoms with Crippen LogP contribution in [0.2, 0.25) is 0 Å². The number of aliphatic hydroxyl groups excluding tert-OH is 1. The summed E-state index contributed by atoms with van der Waals surface area (Å²) in [5, 5.41) is 10.1. The molecule has 110 valence electrons. The number of amides is 1. The summed E-state index contributed by atoms with van der Waals surface area (Å²) in [6, 6.07) is 1.99. The molecule has 20 heavy (non-hydrogen) atoms. The van der Waals surface area contributed by atoms with Gasteiger partial charge in [-0.3, -0.25) is 4.79 Å². The standard InChI is InChI=1S/C16H23NO3/c1-2-15-12(8-10-20-15)16(19)17-9-4-6-13(17)11-5-3-7-14(11)18/h8,10-11,13-14,18H,2-7,9H2,1H3. The van der Waals surface area contributed by atoms with E-state index in [2.05, 4.69) is 0 Å². The Bertz CT molecular complexity index is 482. The van der Waals surface area contributed by atoms with Gasteiger partial charge >= 0.3 is 0 Å². The SMILES string of the molecule is CCc1occc1C(=O)N1CCCC1C1CCCC1O. The molecule has 3 unspecified atom stereocenters. The van der Waals surface area contributed by atoms with Crippen molar-refractivity contribution in [1.82, 2.24) is 4.90 Å². The van der Waals surface area contributed by atoms with Crippen molar-refractivity contribution in [2.45, 2.75) is 57.6 Å². The summed E-state index contributed by atoms with van der Waals surface area (Å²) in [6.07, 6.45) is 7.17. The molecule has 0 radical (unpaired) electrons. The van der Waals surface area contributed by atoms with E-state index in [1.54, 1.807) is 12.3 Å². The molecule has 1 amide bonds. The molecule has 4 heteroatoms. The second-order valence-corrected chi connectivity index (χ2v) is 5.98. The van der Waals surface area contributed by atoms with Crippen LogP contribution in [0.1, 0.15) is 55.1 Å². The number of rotatable bonds is 3. The Balaban J connectivity index is 1.80. The highest BCUT2D eigenvalue weighted by Crippen LogP contribution is 2.36. The number of likely N-dealkylation sites (tertiary alicyclic amines) is 1. The van der Waals surface area contributed by atoms with Crippen molar-refractivity contribution in [1.29, 1.82) is 0 Å². The maximum Gasteiger partial charge on any atom is 0.257 e. The van der Waals surface area contributed by atoms with Crippen molar-refractivity contribution < 1.29 is 14.3 Å². The van der Waals surface area contributed by atoms with Crippen molar-refractivity contribution in [3.8, 4) is 0 Å². The number of hydrogen-bond acceptors (Lipinski definition) is 3. The molecule has 2 aliphatic rings. The highest BCUT2D eigenvalue weighted by molar-refractivity contribution is 5.95. The van der Waals surface area contributed by atoms with Gasteiger partial charge in [0.05, 0.1) is 17.9 Å². The fraction of sp³-hybridized carbons (Fsp3) is 0.688. The van der Waals surface area contributed by atoms with Gasteiger partial charge in [0.25, 0.3) is 5.91 Å². The zero-order chi connectivity index (χ0) is 14.1. The van der Waals surface area contributed by atoms with Crippen LogP contribution >= 0.6 is 0 Å². The molecular weight excluding hydrogens is 254 g/mol. The van der Waals surface area contributed by atoms with Crippen molar-refractivity contribution >= 4 is 5.91 Å². The Morgan fingerprint density at radius 1 is 1.40 bits per heavy atom. The molecule has 0 spiro atoms. The summed E-state index contributed by atoms with van der Waals surface area (Å²) in [5.41, 5.74) is 0.701. The Kier molecular flexibility index (Phi) is 3.83. The first-order valence-electron chi connectivity index (χ1n) is 7.77. The molecule has 1 aromatic heterocycles. The Morgan fingerprint density at radius 2 is 2.25 bits per heavy atom. The molecule has 4 nitrogen and oxygen atoms in total. The lowest BCUT2D eigenvalue weighted by atomic mass is 9.93. The Hall–Kier alpha value is -1.29. The molecule has 3 atom stereocenters. The van der Waals surface area contributed by atoms with E-state index in [1.165, 1.54) is 0 Å². The van der Waals surface area contributed by atoms with Crippen LogP contribution in [0.25, 0.3) is 0 Å². The fourth-order valence-electron chi connectivity index (χ4n) is 3.87. The van der Waals surface area contributed by atoms with Crippen LogP contribution in [-0.4, -0.2) is 34.6 Å². The van der Waals surface area contributed by atoms with E-state index in [-0.39, 0.29) is 24.0 Å². The molecule has 0 aromatic carbocycles. The van der Waals surface area contributed by atoms with Gasteiger partial charge < -0.3 is 14.4 Å². The molecule has 1 saturated heterocycles. The minimum absolute atomic E-state index is 0.0807. The van der Waals surface area contributed by atoms with E-state index in [0.717, 1.165) is 50.8 Å². The third-order valence-electron chi connectivity index (χ3n) is 4.88. The number of carbonyl (C=O) groups excluding carboxylic acids is 1. The van der Waals surface area contributed by atoms with E-state index in [0.29, 0.717) is 5.56 Å². The predicted octanol–water partition coefficient (Wildman–Crippen LogP) is 2.61. The van der Waals surface area contributed by atoms with Crippen molar-refractivity contribution in [2.24, 2.45) is 5.92 Å². The molecule has 3 rings (SSSR count). The quantitative estimate of drug-likeness (QED) is 0.924. The lowest BCUT2D eigenvalue weighted by Crippen LogP contribution is -2.42. The Morgan fingerprint density at radius 3 is 2.95 bits per heavy atom. The summed E-state index contributed by atoms with van der Waals surface area (Å²) < 4.78 is 5.38. The number of carbonyl (C=O) groups is 1. The highest BCUT2D eigenvalue weighted by Gasteiger charge is 2.40. The molecule has 1 aliphatic heterocycles. The first kappa shape index (κ1) is 13.7. The molecule has 1 saturated carbocycles. The normalized spacial score (nSPS) is 30.1. The number of aliphatic hydroxyl groups is 1. The van der Waals surface area contributed by atoms with Gasteiger partial charge in [0.2, 0.25) is 0 Å². The minimum atomic E-state index is -0.233. The van der Waals surface area contributed by atoms with E-state index in [9.17, 15) is 9.90 Å². The van der Waals surface area contributed by atoms with E-state index in [1.807, 2.05) is 11.8 Å². The van der Waals surface area contributed by atoms with Crippen LogP contribution in [0.3, 0.4) is 0 Å². The molecule has 1 aromatic rings. The third kappa shape index (κ3) is 2.26. The van der Waals surface area contributed by atoms with Gasteiger partial charge in [-0.15, -0.1) is 0 Å². The molecule has 0 bridgehead atoms. The van der Waals surface area contributed by atoms with Crippen LogP contribution in [0.15, 0.2) is 16.7 Å². The minimum Gasteiger partial charge on any atom is -0.469 e. The first-order valence-corrected chi connectivity index (χ1v) is 7.77. The van der Waals surface area contributed by atoms with Crippen LogP contribution in [0.5, 0.6) is 0 Å². The second kappa shape index (κ2) is 5.60. The van der Waals surface area contributed by atoms with Gasteiger partial charge in [-0.05, 0) is 31.7 Å². The summed E-state index contributed by atoms with van der Waals surface area (Å²) >= 11 is 0. The molecule has 1 N–H and O–H groups in total. The fourth-order valence-corrected chi connectivity index (χ4v) is 3.87. The largest absolute Gasteiger partial charge is 0.469 e. The zero-order valence-corrected chi connectivity index (χ0v) is 12.0. The van der Waals surface area contributed by atoms with Gasteiger partial charge in [0, 0.05) is 24.9 Å². The van der Waals surface area contributed by atoms with Crippen molar-refractivity contribution in [2.75, 3.05) is 6.54 Å². The van der Waals surface area contributed by atoms with Crippen LogP contribution in [-0.2, 0) is 6.42 Å². The molecule has 2 heterocycles. The summed E-state index contributed by atoms with van der Waals surface area (Å²) in [5.74, 6) is 1.11. The molecular formula is C16H23NO3. The molecule has 2 fully saturated rings. The topological polar surface area (TPSA) is 53.7 Å². The molecule has 1 aliphatic carbocycles. The van der Waals surface area contributed by atoms with Gasteiger partial charge in [0.15, 0.2) is 0 Å². The van der Waals surface area contributed by atoms with Crippen LogP contribution in [0, 0.1) is 5.92 Å². The van der Waals surface area contributed by atoms with Gasteiger partial charge in [0.1, 0.15) is 5.76 Å². The van der Waals surface area contributed by atoms with E-state index >= 15 is 0 Å². The van der Waals surface area contributed by atoms with Gasteiger partial charge in [-0.1, -0.05) is 13.3 Å². The summed E-state index contributed by atoms with van der Waals surface area (Å²) in [7, 11) is 0.